The number of aromatic nitrogens is 3. The SMILES string of the molecule is O=C(NCc1ccc(Cn2cccn2)cc1)Nc1cccc(OCc2cscn2)c1. The summed E-state index contributed by atoms with van der Waals surface area (Å²) in [4.78, 5) is 16.4. The lowest BCUT2D eigenvalue weighted by Crippen LogP contribution is -2.28. The molecule has 0 aliphatic carbocycles. The van der Waals surface area contributed by atoms with Crippen LogP contribution < -0.4 is 15.4 Å². The molecule has 0 aliphatic heterocycles. The van der Waals surface area contributed by atoms with Crippen LogP contribution in [-0.2, 0) is 19.7 Å². The smallest absolute Gasteiger partial charge is 0.319 e. The van der Waals surface area contributed by atoms with Gasteiger partial charge < -0.3 is 15.4 Å². The Morgan fingerprint density at radius 2 is 1.97 bits per heavy atom. The highest BCUT2D eigenvalue weighted by atomic mass is 32.1. The fourth-order valence-corrected chi connectivity index (χ4v) is 3.37. The Morgan fingerprint density at radius 3 is 2.73 bits per heavy atom. The Balaban J connectivity index is 1.25. The van der Waals surface area contributed by atoms with Gasteiger partial charge in [-0.15, -0.1) is 11.3 Å². The molecule has 0 fully saturated rings. The minimum absolute atomic E-state index is 0.271. The predicted octanol–water partition coefficient (Wildman–Crippen LogP) is 4.29. The van der Waals surface area contributed by atoms with Crippen molar-refractivity contribution in [2.75, 3.05) is 5.32 Å². The van der Waals surface area contributed by atoms with E-state index in [2.05, 4.69) is 20.7 Å². The number of nitrogens with zero attached hydrogens (tertiary/aromatic N) is 3. The molecule has 7 nitrogen and oxygen atoms in total. The number of anilines is 1. The minimum atomic E-state index is -0.271. The van der Waals surface area contributed by atoms with Crippen molar-refractivity contribution in [1.29, 1.82) is 0 Å². The molecule has 0 saturated heterocycles. The summed E-state index contributed by atoms with van der Waals surface area (Å²) >= 11 is 1.53. The maximum absolute atomic E-state index is 12.2. The lowest BCUT2D eigenvalue weighted by atomic mass is 10.1. The van der Waals surface area contributed by atoms with E-state index in [0.29, 0.717) is 24.6 Å². The first-order chi connectivity index (χ1) is 14.7. The molecule has 0 unspecified atom stereocenters. The summed E-state index contributed by atoms with van der Waals surface area (Å²) in [5.41, 5.74) is 5.49. The van der Waals surface area contributed by atoms with Crippen molar-refractivity contribution in [2.24, 2.45) is 0 Å². The van der Waals surface area contributed by atoms with Gasteiger partial charge in [0.25, 0.3) is 0 Å². The van der Waals surface area contributed by atoms with Crippen molar-refractivity contribution in [3.63, 3.8) is 0 Å². The van der Waals surface area contributed by atoms with Gasteiger partial charge >= 0.3 is 6.03 Å². The van der Waals surface area contributed by atoms with Crippen LogP contribution in [0.2, 0.25) is 0 Å². The Labute approximate surface area is 178 Å². The standard InChI is InChI=1S/C22H21N5O2S/c28-22(23-12-17-5-7-18(8-6-17)13-27-10-2-9-25-27)26-19-3-1-4-21(11-19)29-14-20-15-30-16-24-20/h1-11,15-16H,12-14H2,(H2,23,26,28). The molecule has 0 atom stereocenters. The van der Waals surface area contributed by atoms with E-state index in [1.54, 1.807) is 17.8 Å². The van der Waals surface area contributed by atoms with Crippen molar-refractivity contribution < 1.29 is 9.53 Å². The second-order valence-corrected chi connectivity index (χ2v) is 7.34. The number of urea groups is 1. The van der Waals surface area contributed by atoms with Crippen LogP contribution in [-0.4, -0.2) is 20.8 Å². The normalized spacial score (nSPS) is 10.5. The first-order valence-electron chi connectivity index (χ1n) is 9.45. The van der Waals surface area contributed by atoms with Crippen molar-refractivity contribution >= 4 is 23.1 Å². The molecule has 2 heterocycles. The topological polar surface area (TPSA) is 81.1 Å². The van der Waals surface area contributed by atoms with Crippen LogP contribution in [0.3, 0.4) is 0 Å². The molecule has 4 aromatic rings. The van der Waals surface area contributed by atoms with Crippen LogP contribution in [0.15, 0.2) is 77.9 Å². The maximum Gasteiger partial charge on any atom is 0.319 e. The molecule has 0 bridgehead atoms. The van der Waals surface area contributed by atoms with Gasteiger partial charge in [0.15, 0.2) is 0 Å². The number of amides is 2. The van der Waals surface area contributed by atoms with Crippen molar-refractivity contribution in [3.05, 3.63) is 94.7 Å². The third-order valence-corrected chi connectivity index (χ3v) is 4.98. The molecule has 0 saturated carbocycles. The highest BCUT2D eigenvalue weighted by molar-refractivity contribution is 7.07. The molecule has 0 spiro atoms. The Bertz CT molecular complexity index is 1060. The number of hydrogen-bond donors (Lipinski definition) is 2. The number of carbonyl (C=O) groups is 1. The van der Waals surface area contributed by atoms with Gasteiger partial charge in [-0.05, 0) is 29.3 Å². The number of hydrogen-bond acceptors (Lipinski definition) is 5. The molecule has 2 N–H and O–H groups in total. The summed E-state index contributed by atoms with van der Waals surface area (Å²) < 4.78 is 7.59. The molecule has 0 radical (unpaired) electrons. The molecule has 2 aromatic carbocycles. The Kier molecular flexibility index (Phi) is 6.36. The van der Waals surface area contributed by atoms with Gasteiger partial charge in [0.2, 0.25) is 0 Å². The average Bonchev–Trinajstić information content (AvgIpc) is 3.46. The van der Waals surface area contributed by atoms with Gasteiger partial charge in [0.1, 0.15) is 12.4 Å². The first kappa shape index (κ1) is 19.7. The third kappa shape index (κ3) is 5.68. The minimum Gasteiger partial charge on any atom is -0.487 e. The first-order valence-corrected chi connectivity index (χ1v) is 10.4. The molecule has 0 aliphatic rings. The van der Waals surface area contributed by atoms with Crippen LogP contribution in [0.25, 0.3) is 0 Å². The lowest BCUT2D eigenvalue weighted by molar-refractivity contribution is 0.251. The van der Waals surface area contributed by atoms with Crippen LogP contribution in [0.4, 0.5) is 10.5 Å². The quantitative estimate of drug-likeness (QED) is 0.446. The van der Waals surface area contributed by atoms with E-state index in [-0.39, 0.29) is 6.03 Å². The maximum atomic E-state index is 12.2. The van der Waals surface area contributed by atoms with Gasteiger partial charge in [-0.2, -0.15) is 5.10 Å². The molecule has 2 aromatic heterocycles. The summed E-state index contributed by atoms with van der Waals surface area (Å²) in [6.07, 6.45) is 3.69. The summed E-state index contributed by atoms with van der Waals surface area (Å²) in [5.74, 6) is 0.675. The van der Waals surface area contributed by atoms with E-state index in [1.807, 2.05) is 64.8 Å². The monoisotopic (exact) mass is 419 g/mol. The fraction of sp³-hybridized carbons (Fsp3) is 0.136. The Hall–Kier alpha value is -3.65. The van der Waals surface area contributed by atoms with E-state index in [0.717, 1.165) is 23.4 Å². The highest BCUT2D eigenvalue weighted by Crippen LogP contribution is 2.18. The van der Waals surface area contributed by atoms with Gasteiger partial charge in [0, 0.05) is 36.1 Å². The number of thiazole rings is 1. The van der Waals surface area contributed by atoms with E-state index < -0.39 is 0 Å². The highest BCUT2D eigenvalue weighted by Gasteiger charge is 2.04. The molecule has 8 heteroatoms. The lowest BCUT2D eigenvalue weighted by Gasteiger charge is -2.10. The van der Waals surface area contributed by atoms with Gasteiger partial charge in [-0.25, -0.2) is 9.78 Å². The Morgan fingerprint density at radius 1 is 1.10 bits per heavy atom. The van der Waals surface area contributed by atoms with E-state index >= 15 is 0 Å². The van der Waals surface area contributed by atoms with Crippen LogP contribution in [0, 0.1) is 0 Å². The molecule has 2 amide bonds. The number of nitrogens with one attached hydrogen (secondary N) is 2. The summed E-state index contributed by atoms with van der Waals surface area (Å²) in [5, 5.41) is 11.8. The second kappa shape index (κ2) is 9.71. The average molecular weight is 420 g/mol. The fourth-order valence-electron chi connectivity index (χ4n) is 2.83. The van der Waals surface area contributed by atoms with Crippen molar-refractivity contribution in [3.8, 4) is 5.75 Å². The zero-order valence-electron chi connectivity index (χ0n) is 16.2. The molecule has 152 valence electrons. The largest absolute Gasteiger partial charge is 0.487 e. The number of ether oxygens (including phenoxy) is 1. The van der Waals surface area contributed by atoms with Crippen molar-refractivity contribution in [1.82, 2.24) is 20.1 Å². The summed E-state index contributed by atoms with van der Waals surface area (Å²) in [6, 6.07) is 17.0. The number of rotatable bonds is 8. The zero-order chi connectivity index (χ0) is 20.6. The van der Waals surface area contributed by atoms with E-state index in [9.17, 15) is 4.79 Å². The molecule has 30 heavy (non-hydrogen) atoms. The van der Waals surface area contributed by atoms with Gasteiger partial charge in [-0.3, -0.25) is 4.68 Å². The molecular weight excluding hydrogens is 398 g/mol. The molecule has 4 rings (SSSR count). The van der Waals surface area contributed by atoms with Gasteiger partial charge in [0.05, 0.1) is 17.7 Å². The third-order valence-electron chi connectivity index (χ3n) is 4.34. The zero-order valence-corrected chi connectivity index (χ0v) is 17.0. The summed E-state index contributed by atoms with van der Waals surface area (Å²) in [7, 11) is 0. The van der Waals surface area contributed by atoms with E-state index in [4.69, 9.17) is 4.74 Å². The number of benzene rings is 2. The van der Waals surface area contributed by atoms with Crippen LogP contribution in [0.1, 0.15) is 16.8 Å². The van der Waals surface area contributed by atoms with Crippen LogP contribution >= 0.6 is 11.3 Å². The second-order valence-electron chi connectivity index (χ2n) is 6.62. The summed E-state index contributed by atoms with van der Waals surface area (Å²) in [6.45, 7) is 1.56. The molecular formula is C22H21N5O2S. The van der Waals surface area contributed by atoms with Gasteiger partial charge in [-0.1, -0.05) is 30.3 Å². The van der Waals surface area contributed by atoms with Crippen LogP contribution in [0.5, 0.6) is 5.75 Å². The van der Waals surface area contributed by atoms with E-state index in [1.165, 1.54) is 11.3 Å². The number of carbonyl (C=O) groups excluding carboxylic acids is 1. The predicted molar refractivity (Wildman–Crippen MR) is 117 cm³/mol. The van der Waals surface area contributed by atoms with Crippen molar-refractivity contribution in [2.45, 2.75) is 19.7 Å².